The zero-order valence-electron chi connectivity index (χ0n) is 11.8. The molecule has 2 saturated heterocycles. The Morgan fingerprint density at radius 2 is 2.00 bits per heavy atom. The number of morpholine rings is 1. The Balaban J connectivity index is 1.43. The lowest BCUT2D eigenvalue weighted by molar-refractivity contribution is 0.0238. The van der Waals surface area contributed by atoms with E-state index in [9.17, 15) is 0 Å². The van der Waals surface area contributed by atoms with Gasteiger partial charge in [-0.05, 0) is 64.8 Å². The molecule has 1 atom stereocenters. The lowest BCUT2D eigenvalue weighted by Crippen LogP contribution is -2.40. The zero-order chi connectivity index (χ0) is 12.6. The van der Waals surface area contributed by atoms with E-state index in [-0.39, 0.29) is 0 Å². The Labute approximate surface area is 111 Å². The third-order valence-corrected chi connectivity index (χ3v) is 4.21. The number of likely N-dealkylation sites (tertiary alicyclic amines) is 1. The molecule has 2 fully saturated rings. The van der Waals surface area contributed by atoms with E-state index in [1.54, 1.807) is 0 Å². The van der Waals surface area contributed by atoms with E-state index in [0.717, 1.165) is 38.6 Å². The van der Waals surface area contributed by atoms with Crippen LogP contribution < -0.4 is 10.6 Å². The van der Waals surface area contributed by atoms with Gasteiger partial charge in [-0.1, -0.05) is 0 Å². The third-order valence-electron chi connectivity index (χ3n) is 4.21. The predicted molar refractivity (Wildman–Crippen MR) is 74.9 cm³/mol. The molecular weight excluding hydrogens is 226 g/mol. The van der Waals surface area contributed by atoms with Crippen molar-refractivity contribution < 1.29 is 4.74 Å². The van der Waals surface area contributed by atoms with Gasteiger partial charge in [0, 0.05) is 13.1 Å². The molecule has 0 radical (unpaired) electrons. The van der Waals surface area contributed by atoms with E-state index in [2.05, 4.69) is 22.6 Å². The van der Waals surface area contributed by atoms with Crippen LogP contribution in [0.25, 0.3) is 0 Å². The van der Waals surface area contributed by atoms with Gasteiger partial charge >= 0.3 is 0 Å². The van der Waals surface area contributed by atoms with Crippen LogP contribution in [0.5, 0.6) is 0 Å². The molecule has 0 amide bonds. The first kappa shape index (κ1) is 14.3. The van der Waals surface area contributed by atoms with Crippen molar-refractivity contribution in [3.8, 4) is 0 Å². The average molecular weight is 255 g/mol. The lowest BCUT2D eigenvalue weighted by atomic mass is 9.94. The lowest BCUT2D eigenvalue weighted by Gasteiger charge is -2.29. The Morgan fingerprint density at radius 1 is 1.22 bits per heavy atom. The van der Waals surface area contributed by atoms with Crippen molar-refractivity contribution in [3.05, 3.63) is 0 Å². The smallest absolute Gasteiger partial charge is 0.0712 e. The molecule has 2 aliphatic rings. The summed E-state index contributed by atoms with van der Waals surface area (Å²) in [5.74, 6) is 0.946. The maximum atomic E-state index is 5.68. The van der Waals surface area contributed by atoms with Crippen molar-refractivity contribution in [1.29, 1.82) is 0 Å². The molecule has 0 aromatic heterocycles. The second kappa shape index (κ2) is 8.10. The van der Waals surface area contributed by atoms with Gasteiger partial charge in [0.1, 0.15) is 0 Å². The molecular formula is C14H29N3O. The first-order chi connectivity index (χ1) is 8.84. The van der Waals surface area contributed by atoms with Crippen molar-refractivity contribution in [2.75, 3.05) is 52.9 Å². The van der Waals surface area contributed by atoms with Crippen LogP contribution in [0.15, 0.2) is 0 Å². The summed E-state index contributed by atoms with van der Waals surface area (Å²) in [6.45, 7) is 7.75. The number of piperidine rings is 1. The van der Waals surface area contributed by atoms with Gasteiger partial charge in [-0.25, -0.2) is 0 Å². The molecule has 0 aromatic carbocycles. The van der Waals surface area contributed by atoms with Gasteiger partial charge in [0.15, 0.2) is 0 Å². The normalized spacial score (nSPS) is 27.5. The number of nitrogens with one attached hydrogen (secondary N) is 2. The van der Waals surface area contributed by atoms with Gasteiger partial charge in [0.25, 0.3) is 0 Å². The molecule has 0 aliphatic carbocycles. The van der Waals surface area contributed by atoms with Crippen molar-refractivity contribution in [2.24, 2.45) is 5.92 Å². The van der Waals surface area contributed by atoms with Crippen molar-refractivity contribution in [1.82, 2.24) is 15.5 Å². The van der Waals surface area contributed by atoms with Crippen LogP contribution in [0.2, 0.25) is 0 Å². The summed E-state index contributed by atoms with van der Waals surface area (Å²) in [6.07, 6.45) is 5.68. The maximum Gasteiger partial charge on any atom is 0.0712 e. The standard InChI is InChI=1S/C14H29N3O/c1-17-9-4-13(5-10-17)2-6-15-7-3-14-12-16-8-11-18-14/h13-16H,2-12H2,1H3. The third kappa shape index (κ3) is 5.22. The Kier molecular flexibility index (Phi) is 6.41. The zero-order valence-corrected chi connectivity index (χ0v) is 11.8. The van der Waals surface area contributed by atoms with Crippen LogP contribution in [-0.2, 0) is 4.74 Å². The second-order valence-corrected chi connectivity index (χ2v) is 5.77. The molecule has 0 aromatic rings. The van der Waals surface area contributed by atoms with Crippen molar-refractivity contribution in [2.45, 2.75) is 31.8 Å². The molecule has 2 aliphatic heterocycles. The van der Waals surface area contributed by atoms with Crippen LogP contribution in [0.3, 0.4) is 0 Å². The van der Waals surface area contributed by atoms with Crippen LogP contribution >= 0.6 is 0 Å². The number of ether oxygens (including phenoxy) is 1. The quantitative estimate of drug-likeness (QED) is 0.685. The fourth-order valence-electron chi connectivity index (χ4n) is 2.85. The minimum absolute atomic E-state index is 0.426. The van der Waals surface area contributed by atoms with Crippen LogP contribution in [-0.4, -0.2) is 63.9 Å². The van der Waals surface area contributed by atoms with E-state index in [1.807, 2.05) is 0 Å². The SMILES string of the molecule is CN1CCC(CCNCCC2CNCCO2)CC1. The van der Waals surface area contributed by atoms with Gasteiger partial charge in [-0.3, -0.25) is 0 Å². The first-order valence-electron chi connectivity index (χ1n) is 7.56. The van der Waals surface area contributed by atoms with Gasteiger partial charge in [-0.2, -0.15) is 0 Å². The van der Waals surface area contributed by atoms with E-state index in [4.69, 9.17) is 4.74 Å². The minimum Gasteiger partial charge on any atom is -0.376 e. The largest absolute Gasteiger partial charge is 0.376 e. The Bertz CT molecular complexity index is 211. The maximum absolute atomic E-state index is 5.68. The monoisotopic (exact) mass is 255 g/mol. The molecule has 1 unspecified atom stereocenters. The van der Waals surface area contributed by atoms with E-state index in [0.29, 0.717) is 6.10 Å². The molecule has 4 nitrogen and oxygen atoms in total. The number of nitrogens with zero attached hydrogens (tertiary/aromatic N) is 1. The summed E-state index contributed by atoms with van der Waals surface area (Å²) < 4.78 is 5.68. The fraction of sp³-hybridized carbons (Fsp3) is 1.00. The average Bonchev–Trinajstić information content (AvgIpc) is 2.42. The molecule has 2 heterocycles. The molecule has 18 heavy (non-hydrogen) atoms. The second-order valence-electron chi connectivity index (χ2n) is 5.77. The summed E-state index contributed by atoms with van der Waals surface area (Å²) in [4.78, 5) is 2.44. The van der Waals surface area contributed by atoms with Gasteiger partial charge in [0.2, 0.25) is 0 Å². The van der Waals surface area contributed by atoms with E-state index in [1.165, 1.54) is 38.9 Å². The summed E-state index contributed by atoms with van der Waals surface area (Å²) in [7, 11) is 2.23. The molecule has 0 saturated carbocycles. The number of hydrogen-bond donors (Lipinski definition) is 2. The van der Waals surface area contributed by atoms with Crippen molar-refractivity contribution >= 4 is 0 Å². The van der Waals surface area contributed by atoms with Crippen molar-refractivity contribution in [3.63, 3.8) is 0 Å². The topological polar surface area (TPSA) is 36.5 Å². The van der Waals surface area contributed by atoms with Gasteiger partial charge in [-0.15, -0.1) is 0 Å². The highest BCUT2D eigenvalue weighted by Crippen LogP contribution is 2.18. The Morgan fingerprint density at radius 3 is 2.72 bits per heavy atom. The number of hydrogen-bond acceptors (Lipinski definition) is 4. The fourth-order valence-corrected chi connectivity index (χ4v) is 2.85. The summed E-state index contributed by atoms with van der Waals surface area (Å²) >= 11 is 0. The predicted octanol–water partition coefficient (Wildman–Crippen LogP) is 0.686. The Hall–Kier alpha value is -0.160. The van der Waals surface area contributed by atoms with E-state index >= 15 is 0 Å². The summed E-state index contributed by atoms with van der Waals surface area (Å²) in [5, 5.41) is 6.94. The minimum atomic E-state index is 0.426. The van der Waals surface area contributed by atoms with Gasteiger partial charge in [0.05, 0.1) is 12.7 Å². The molecule has 0 bridgehead atoms. The highest BCUT2D eigenvalue weighted by molar-refractivity contribution is 4.72. The van der Waals surface area contributed by atoms with E-state index < -0.39 is 0 Å². The molecule has 106 valence electrons. The number of rotatable bonds is 6. The highest BCUT2D eigenvalue weighted by atomic mass is 16.5. The summed E-state index contributed by atoms with van der Waals surface area (Å²) in [6, 6.07) is 0. The molecule has 2 N–H and O–H groups in total. The van der Waals surface area contributed by atoms with Gasteiger partial charge < -0.3 is 20.3 Å². The van der Waals surface area contributed by atoms with Crippen LogP contribution in [0, 0.1) is 5.92 Å². The molecule has 0 spiro atoms. The molecule has 4 heteroatoms. The first-order valence-corrected chi connectivity index (χ1v) is 7.56. The highest BCUT2D eigenvalue weighted by Gasteiger charge is 2.16. The molecule has 2 rings (SSSR count). The van der Waals surface area contributed by atoms with Crippen LogP contribution in [0.4, 0.5) is 0 Å². The van der Waals surface area contributed by atoms with Crippen LogP contribution in [0.1, 0.15) is 25.7 Å². The summed E-state index contributed by atoms with van der Waals surface area (Å²) in [5.41, 5.74) is 0.